The molecule has 0 bridgehead atoms. The van der Waals surface area contributed by atoms with Gasteiger partial charge in [-0.15, -0.1) is 24.0 Å². The molecule has 0 amide bonds. The molecule has 1 aliphatic rings. The lowest BCUT2D eigenvalue weighted by molar-refractivity contribution is 0.359. The van der Waals surface area contributed by atoms with Crippen molar-refractivity contribution in [2.75, 3.05) is 13.2 Å². The van der Waals surface area contributed by atoms with Crippen molar-refractivity contribution < 1.29 is 4.74 Å². The van der Waals surface area contributed by atoms with Crippen LogP contribution < -0.4 is 15.4 Å². The van der Waals surface area contributed by atoms with Crippen LogP contribution in [-0.2, 0) is 25.9 Å². The zero-order valence-corrected chi connectivity index (χ0v) is 19.6. The average molecular weight is 510 g/mol. The molecule has 1 aromatic heterocycles. The largest absolute Gasteiger partial charge is 0.489 e. The number of para-hydroxylation sites is 1. The van der Waals surface area contributed by atoms with Gasteiger partial charge in [-0.3, -0.25) is 0 Å². The number of nitrogens with zero attached hydrogens (tertiary/aromatic N) is 4. The van der Waals surface area contributed by atoms with E-state index in [-0.39, 0.29) is 30.0 Å². The SMILES string of the molecule is C=CCOc1ccccc1CN=C(NCC)NC1CCc2nc(CC)nn2C1.I. The minimum absolute atomic E-state index is 0. The average Bonchev–Trinajstić information content (AvgIpc) is 3.14. The van der Waals surface area contributed by atoms with Crippen molar-refractivity contribution in [1.82, 2.24) is 25.4 Å². The molecule has 7 nitrogen and oxygen atoms in total. The number of aromatic nitrogens is 3. The highest BCUT2D eigenvalue weighted by Crippen LogP contribution is 2.19. The highest BCUT2D eigenvalue weighted by atomic mass is 127. The van der Waals surface area contributed by atoms with Crippen LogP contribution >= 0.6 is 24.0 Å². The maximum Gasteiger partial charge on any atom is 0.191 e. The van der Waals surface area contributed by atoms with Crippen LogP contribution in [0.4, 0.5) is 0 Å². The number of aliphatic imine (C=N–C) groups is 1. The van der Waals surface area contributed by atoms with Crippen LogP contribution in [0.2, 0.25) is 0 Å². The van der Waals surface area contributed by atoms with E-state index in [0.717, 1.165) is 61.3 Å². The van der Waals surface area contributed by atoms with Gasteiger partial charge in [-0.05, 0) is 19.4 Å². The van der Waals surface area contributed by atoms with Gasteiger partial charge >= 0.3 is 0 Å². The number of aryl methyl sites for hydroxylation is 2. The number of nitrogens with one attached hydrogen (secondary N) is 2. The lowest BCUT2D eigenvalue weighted by atomic mass is 10.1. The first-order valence-corrected chi connectivity index (χ1v) is 10.0. The number of hydrogen-bond donors (Lipinski definition) is 2. The van der Waals surface area contributed by atoms with Crippen molar-refractivity contribution >= 4 is 29.9 Å². The topological polar surface area (TPSA) is 76.4 Å². The first kappa shape index (κ1) is 23.2. The third kappa shape index (κ3) is 6.45. The van der Waals surface area contributed by atoms with Gasteiger partial charge in [0.25, 0.3) is 0 Å². The molecule has 0 saturated carbocycles. The van der Waals surface area contributed by atoms with Gasteiger partial charge in [0, 0.05) is 31.0 Å². The van der Waals surface area contributed by atoms with E-state index in [4.69, 9.17) is 9.73 Å². The third-order valence-corrected chi connectivity index (χ3v) is 4.64. The molecule has 0 fully saturated rings. The summed E-state index contributed by atoms with van der Waals surface area (Å²) in [6, 6.07) is 8.26. The fraction of sp³-hybridized carbons (Fsp3) is 0.476. The summed E-state index contributed by atoms with van der Waals surface area (Å²) < 4.78 is 7.76. The van der Waals surface area contributed by atoms with Crippen LogP contribution in [0.25, 0.3) is 0 Å². The minimum Gasteiger partial charge on any atom is -0.489 e. The standard InChI is InChI=1S/C21H30N6O.HI/c1-4-13-28-18-10-8-7-9-16(18)14-23-21(22-6-3)24-17-11-12-20-25-19(5-2)26-27(20)15-17;/h4,7-10,17H,1,5-6,11-15H2,2-3H3,(H2,22,23,24);1H. The second-order valence-corrected chi connectivity index (χ2v) is 6.76. The highest BCUT2D eigenvalue weighted by molar-refractivity contribution is 14.0. The summed E-state index contributed by atoms with van der Waals surface area (Å²) in [6.45, 7) is 10.5. The summed E-state index contributed by atoms with van der Waals surface area (Å²) in [5, 5.41) is 11.5. The molecule has 0 aliphatic carbocycles. The lowest BCUT2D eigenvalue weighted by Gasteiger charge is -2.25. The van der Waals surface area contributed by atoms with E-state index >= 15 is 0 Å². The normalized spacial score (nSPS) is 15.8. The zero-order chi connectivity index (χ0) is 19.8. The summed E-state index contributed by atoms with van der Waals surface area (Å²) in [5.74, 6) is 3.67. The number of benzene rings is 1. The second-order valence-electron chi connectivity index (χ2n) is 6.76. The van der Waals surface area contributed by atoms with E-state index in [0.29, 0.717) is 13.2 Å². The number of fused-ring (bicyclic) bond motifs is 1. The molecule has 3 rings (SSSR count). The Hall–Kier alpha value is -2.10. The monoisotopic (exact) mass is 510 g/mol. The Bertz CT molecular complexity index is 819. The van der Waals surface area contributed by atoms with Gasteiger partial charge in [0.05, 0.1) is 13.1 Å². The van der Waals surface area contributed by atoms with E-state index in [2.05, 4.69) is 41.1 Å². The summed E-state index contributed by atoms with van der Waals surface area (Å²) in [6.07, 6.45) is 4.57. The molecule has 0 radical (unpaired) electrons. The lowest BCUT2D eigenvalue weighted by Crippen LogP contribution is -2.47. The fourth-order valence-corrected chi connectivity index (χ4v) is 3.23. The van der Waals surface area contributed by atoms with Crippen LogP contribution in [0.1, 0.15) is 37.5 Å². The van der Waals surface area contributed by atoms with E-state index in [1.165, 1.54) is 0 Å². The van der Waals surface area contributed by atoms with Crippen LogP contribution in [0.5, 0.6) is 5.75 Å². The maximum absolute atomic E-state index is 5.73. The molecule has 1 aliphatic heterocycles. The van der Waals surface area contributed by atoms with Crippen molar-refractivity contribution in [3.05, 3.63) is 54.1 Å². The molecule has 2 N–H and O–H groups in total. The number of hydrogen-bond acceptors (Lipinski definition) is 4. The fourth-order valence-electron chi connectivity index (χ4n) is 3.23. The Morgan fingerprint density at radius 3 is 2.97 bits per heavy atom. The molecule has 158 valence electrons. The molecule has 2 aromatic rings. The highest BCUT2D eigenvalue weighted by Gasteiger charge is 2.22. The van der Waals surface area contributed by atoms with Gasteiger partial charge in [0.1, 0.15) is 18.2 Å². The number of rotatable bonds is 8. The molecule has 1 atom stereocenters. The van der Waals surface area contributed by atoms with Crippen molar-refractivity contribution in [2.45, 2.75) is 52.2 Å². The van der Waals surface area contributed by atoms with Crippen LogP contribution in [0.15, 0.2) is 41.9 Å². The maximum atomic E-state index is 5.73. The number of guanidine groups is 1. The van der Waals surface area contributed by atoms with Crippen molar-refractivity contribution in [2.24, 2.45) is 4.99 Å². The first-order chi connectivity index (χ1) is 13.7. The molecule has 1 unspecified atom stereocenters. The molecule has 8 heteroatoms. The van der Waals surface area contributed by atoms with Crippen LogP contribution in [0, 0.1) is 0 Å². The minimum atomic E-state index is 0. The van der Waals surface area contributed by atoms with Gasteiger partial charge in [-0.2, -0.15) is 5.10 Å². The van der Waals surface area contributed by atoms with Crippen LogP contribution in [-0.4, -0.2) is 39.9 Å². The summed E-state index contributed by atoms with van der Waals surface area (Å²) >= 11 is 0. The van der Waals surface area contributed by atoms with Crippen LogP contribution in [0.3, 0.4) is 0 Å². The second kappa shape index (κ2) is 11.8. The van der Waals surface area contributed by atoms with E-state index < -0.39 is 0 Å². The molecule has 1 aromatic carbocycles. The van der Waals surface area contributed by atoms with Gasteiger partial charge in [-0.1, -0.05) is 37.8 Å². The molecular formula is C21H31IN6O. The molecule has 0 saturated heterocycles. The predicted octanol–water partition coefficient (Wildman–Crippen LogP) is 3.09. The first-order valence-electron chi connectivity index (χ1n) is 10.0. The van der Waals surface area contributed by atoms with E-state index in [1.807, 2.05) is 28.9 Å². The molecule has 0 spiro atoms. The Kier molecular flexibility index (Phi) is 9.43. The Balaban J connectivity index is 0.00000300. The summed E-state index contributed by atoms with van der Waals surface area (Å²) in [4.78, 5) is 9.35. The quantitative estimate of drug-likeness (QED) is 0.247. The summed E-state index contributed by atoms with van der Waals surface area (Å²) in [5.41, 5.74) is 1.05. The number of ether oxygens (including phenoxy) is 1. The zero-order valence-electron chi connectivity index (χ0n) is 17.2. The van der Waals surface area contributed by atoms with Crippen molar-refractivity contribution in [3.63, 3.8) is 0 Å². The van der Waals surface area contributed by atoms with Gasteiger partial charge in [-0.25, -0.2) is 14.7 Å². The Morgan fingerprint density at radius 2 is 2.21 bits per heavy atom. The molecular weight excluding hydrogens is 479 g/mol. The Morgan fingerprint density at radius 1 is 1.38 bits per heavy atom. The van der Waals surface area contributed by atoms with Gasteiger partial charge in [0.2, 0.25) is 0 Å². The van der Waals surface area contributed by atoms with Gasteiger partial charge in [0.15, 0.2) is 11.8 Å². The Labute approximate surface area is 190 Å². The smallest absolute Gasteiger partial charge is 0.191 e. The van der Waals surface area contributed by atoms with Crippen molar-refractivity contribution in [3.8, 4) is 5.75 Å². The number of halogens is 1. The third-order valence-electron chi connectivity index (χ3n) is 4.64. The summed E-state index contributed by atoms with van der Waals surface area (Å²) in [7, 11) is 0. The predicted molar refractivity (Wildman–Crippen MR) is 127 cm³/mol. The molecule has 2 heterocycles. The van der Waals surface area contributed by atoms with E-state index in [9.17, 15) is 0 Å². The van der Waals surface area contributed by atoms with Crippen molar-refractivity contribution in [1.29, 1.82) is 0 Å². The van der Waals surface area contributed by atoms with Gasteiger partial charge < -0.3 is 15.4 Å². The van der Waals surface area contributed by atoms with E-state index in [1.54, 1.807) is 6.08 Å². The molecule has 29 heavy (non-hydrogen) atoms.